The molecule has 0 saturated carbocycles. The molecule has 1 aromatic carbocycles. The maximum Gasteiger partial charge on any atom is 0.337 e. The smallest absolute Gasteiger partial charge is 0.337 e. The Hall–Kier alpha value is -2.02. The summed E-state index contributed by atoms with van der Waals surface area (Å²) in [5.41, 5.74) is 0.989. The molecule has 0 atom stereocenters. The van der Waals surface area contributed by atoms with Crippen LogP contribution in [0.25, 0.3) is 0 Å². The number of hydrogen-bond acceptors (Lipinski definition) is 3. The Kier molecular flexibility index (Phi) is 2.73. The minimum atomic E-state index is -1.08. The first-order valence-corrected chi connectivity index (χ1v) is 4.01. The first-order chi connectivity index (χ1) is 6.56. The molecule has 14 heavy (non-hydrogen) atoms. The summed E-state index contributed by atoms with van der Waals surface area (Å²) in [4.78, 5) is 12.6. The molecule has 1 rings (SSSR count). The van der Waals surface area contributed by atoms with Gasteiger partial charge < -0.3 is 10.0 Å². The van der Waals surface area contributed by atoms with Gasteiger partial charge in [0.15, 0.2) is 0 Å². The zero-order chi connectivity index (χ0) is 10.7. The van der Waals surface area contributed by atoms with E-state index in [1.165, 1.54) is 12.1 Å². The summed E-state index contributed by atoms with van der Waals surface area (Å²) in [6, 6.07) is 6.56. The normalized spacial score (nSPS) is 9.21. The van der Waals surface area contributed by atoms with Gasteiger partial charge in [-0.25, -0.2) is 4.79 Å². The van der Waals surface area contributed by atoms with Crippen molar-refractivity contribution in [3.63, 3.8) is 0 Å². The summed E-state index contributed by atoms with van der Waals surface area (Å²) in [5, 5.41) is 17.5. The molecule has 1 aromatic rings. The zero-order valence-electron chi connectivity index (χ0n) is 7.98. The van der Waals surface area contributed by atoms with E-state index in [2.05, 4.69) is 0 Å². The fraction of sp³-hybridized carbons (Fsp3) is 0.200. The van der Waals surface area contributed by atoms with Gasteiger partial charge in [-0.3, -0.25) is 0 Å². The number of aromatic carboxylic acids is 1. The quantitative estimate of drug-likeness (QED) is 0.763. The molecule has 0 heterocycles. The van der Waals surface area contributed by atoms with Crippen LogP contribution in [0.1, 0.15) is 15.9 Å². The Balaban J connectivity index is 3.30. The molecule has 0 aliphatic heterocycles. The Labute approximate surface area is 82.0 Å². The molecule has 4 nitrogen and oxygen atoms in total. The summed E-state index contributed by atoms with van der Waals surface area (Å²) >= 11 is 0. The van der Waals surface area contributed by atoms with E-state index < -0.39 is 5.97 Å². The fourth-order valence-electron chi connectivity index (χ4n) is 1.08. The number of benzene rings is 1. The van der Waals surface area contributed by atoms with Gasteiger partial charge in [0.25, 0.3) is 0 Å². The maximum atomic E-state index is 10.8. The van der Waals surface area contributed by atoms with Gasteiger partial charge in [0, 0.05) is 19.8 Å². The number of carboxylic acid groups (broad SMARTS) is 1. The largest absolute Gasteiger partial charge is 0.478 e. The van der Waals surface area contributed by atoms with E-state index in [-0.39, 0.29) is 11.1 Å². The lowest BCUT2D eigenvalue weighted by Crippen LogP contribution is -2.10. The Morgan fingerprint density at radius 1 is 1.50 bits per heavy atom. The standard InChI is InChI=1S/C10H10N2O2/c1-12(2)8-4-3-7(6-11)9(5-8)10(13)14/h3-5H,1-2H3,(H,13,14). The number of rotatable bonds is 2. The molecule has 4 heteroatoms. The highest BCUT2D eigenvalue weighted by Gasteiger charge is 2.10. The molecular formula is C10H10N2O2. The number of carboxylic acids is 1. The third-order valence-corrected chi connectivity index (χ3v) is 1.87. The van der Waals surface area contributed by atoms with Crippen molar-refractivity contribution in [2.75, 3.05) is 19.0 Å². The highest BCUT2D eigenvalue weighted by molar-refractivity contribution is 5.91. The van der Waals surface area contributed by atoms with Crippen LogP contribution in [-0.2, 0) is 0 Å². The van der Waals surface area contributed by atoms with Gasteiger partial charge in [0.1, 0.15) is 6.07 Å². The molecule has 0 unspecified atom stereocenters. The van der Waals surface area contributed by atoms with Crippen LogP contribution in [-0.4, -0.2) is 25.2 Å². The predicted octanol–water partition coefficient (Wildman–Crippen LogP) is 1.32. The van der Waals surface area contributed by atoms with Crippen LogP contribution in [0, 0.1) is 11.3 Å². The topological polar surface area (TPSA) is 64.3 Å². The average Bonchev–Trinajstić information content (AvgIpc) is 2.16. The van der Waals surface area contributed by atoms with Crippen molar-refractivity contribution in [2.45, 2.75) is 0 Å². The van der Waals surface area contributed by atoms with E-state index >= 15 is 0 Å². The van der Waals surface area contributed by atoms with Gasteiger partial charge in [-0.15, -0.1) is 0 Å². The van der Waals surface area contributed by atoms with Gasteiger partial charge in [-0.2, -0.15) is 5.26 Å². The zero-order valence-corrected chi connectivity index (χ0v) is 7.98. The predicted molar refractivity (Wildman–Crippen MR) is 52.4 cm³/mol. The lowest BCUT2D eigenvalue weighted by molar-refractivity contribution is 0.0696. The Morgan fingerprint density at radius 2 is 2.14 bits per heavy atom. The molecule has 0 aromatic heterocycles. The fourth-order valence-corrected chi connectivity index (χ4v) is 1.08. The van der Waals surface area contributed by atoms with E-state index in [0.717, 1.165) is 5.69 Å². The van der Waals surface area contributed by atoms with E-state index in [1.54, 1.807) is 11.0 Å². The number of carbonyl (C=O) groups is 1. The molecular weight excluding hydrogens is 180 g/mol. The molecule has 1 N–H and O–H groups in total. The third-order valence-electron chi connectivity index (χ3n) is 1.87. The Morgan fingerprint density at radius 3 is 2.57 bits per heavy atom. The lowest BCUT2D eigenvalue weighted by Gasteiger charge is -2.12. The number of anilines is 1. The monoisotopic (exact) mass is 190 g/mol. The van der Waals surface area contributed by atoms with Gasteiger partial charge >= 0.3 is 5.97 Å². The van der Waals surface area contributed by atoms with Gasteiger partial charge in [-0.05, 0) is 18.2 Å². The van der Waals surface area contributed by atoms with Crippen molar-refractivity contribution in [1.29, 1.82) is 5.26 Å². The van der Waals surface area contributed by atoms with Crippen LogP contribution < -0.4 is 4.90 Å². The van der Waals surface area contributed by atoms with E-state index in [9.17, 15) is 4.79 Å². The second kappa shape index (κ2) is 3.79. The molecule has 72 valence electrons. The first-order valence-electron chi connectivity index (χ1n) is 4.01. The van der Waals surface area contributed by atoms with E-state index in [4.69, 9.17) is 10.4 Å². The summed E-state index contributed by atoms with van der Waals surface area (Å²) < 4.78 is 0. The maximum absolute atomic E-state index is 10.8. The summed E-state index contributed by atoms with van der Waals surface area (Å²) in [5.74, 6) is -1.08. The van der Waals surface area contributed by atoms with Crippen LogP contribution in [0.5, 0.6) is 0 Å². The van der Waals surface area contributed by atoms with Gasteiger partial charge in [0.05, 0.1) is 11.1 Å². The second-order valence-electron chi connectivity index (χ2n) is 3.04. The molecule has 0 amide bonds. The minimum absolute atomic E-state index is 0.0405. The SMILES string of the molecule is CN(C)c1ccc(C#N)c(C(=O)O)c1. The molecule has 0 aliphatic carbocycles. The number of nitriles is 1. The first kappa shape index (κ1) is 10.1. The molecule has 0 aliphatic rings. The van der Waals surface area contributed by atoms with Gasteiger partial charge in [-0.1, -0.05) is 0 Å². The van der Waals surface area contributed by atoms with Crippen molar-refractivity contribution in [1.82, 2.24) is 0 Å². The number of nitrogens with zero attached hydrogens (tertiary/aromatic N) is 2. The third kappa shape index (κ3) is 1.83. The average molecular weight is 190 g/mol. The summed E-state index contributed by atoms with van der Waals surface area (Å²) in [6.45, 7) is 0. The Bertz CT molecular complexity index is 405. The highest BCUT2D eigenvalue weighted by Crippen LogP contribution is 2.17. The summed E-state index contributed by atoms with van der Waals surface area (Å²) in [7, 11) is 3.63. The van der Waals surface area contributed by atoms with Crippen LogP contribution in [0.4, 0.5) is 5.69 Å². The molecule has 0 bridgehead atoms. The lowest BCUT2D eigenvalue weighted by atomic mass is 10.1. The van der Waals surface area contributed by atoms with Crippen LogP contribution in [0.3, 0.4) is 0 Å². The van der Waals surface area contributed by atoms with Crippen LogP contribution in [0.15, 0.2) is 18.2 Å². The summed E-state index contributed by atoms with van der Waals surface area (Å²) in [6.07, 6.45) is 0. The van der Waals surface area contributed by atoms with Crippen molar-refractivity contribution in [2.24, 2.45) is 0 Å². The van der Waals surface area contributed by atoms with E-state index in [0.29, 0.717) is 0 Å². The van der Waals surface area contributed by atoms with Crippen LogP contribution >= 0.6 is 0 Å². The minimum Gasteiger partial charge on any atom is -0.478 e. The molecule has 0 radical (unpaired) electrons. The second-order valence-corrected chi connectivity index (χ2v) is 3.04. The van der Waals surface area contributed by atoms with Crippen molar-refractivity contribution in [3.8, 4) is 6.07 Å². The molecule has 0 spiro atoms. The van der Waals surface area contributed by atoms with Crippen molar-refractivity contribution < 1.29 is 9.90 Å². The molecule has 0 fully saturated rings. The van der Waals surface area contributed by atoms with Crippen molar-refractivity contribution >= 4 is 11.7 Å². The molecule has 0 saturated heterocycles. The van der Waals surface area contributed by atoms with E-state index in [1.807, 2.05) is 20.2 Å². The number of hydrogen-bond donors (Lipinski definition) is 1. The van der Waals surface area contributed by atoms with Gasteiger partial charge in [0.2, 0.25) is 0 Å². The van der Waals surface area contributed by atoms with Crippen molar-refractivity contribution in [3.05, 3.63) is 29.3 Å². The highest BCUT2D eigenvalue weighted by atomic mass is 16.4. The van der Waals surface area contributed by atoms with Crippen LogP contribution in [0.2, 0.25) is 0 Å².